The first kappa shape index (κ1) is 19.3. The van der Waals surface area contributed by atoms with Gasteiger partial charge in [0.1, 0.15) is 11.6 Å². The van der Waals surface area contributed by atoms with Crippen LogP contribution in [0.25, 0.3) is 11.4 Å². The normalized spacial score (nSPS) is 14.7. The molecule has 0 amide bonds. The van der Waals surface area contributed by atoms with Crippen LogP contribution in [0.5, 0.6) is 0 Å². The minimum atomic E-state index is 0.160. The maximum Gasteiger partial charge on any atom is 0.223 e. The number of ether oxygens (including phenoxy) is 1. The minimum absolute atomic E-state index is 0.160. The molecule has 0 radical (unpaired) electrons. The molecule has 3 aromatic rings. The standard InChI is InChI=1S/C19H21ClN8O/c1-10-25-18(28-19(22)26-10)14-6-12(11-2-4-29-5-3-11)8-24-17(14)27-13-7-15(21)16(20)23-9-13/h6-9,11H,2-5,21H2,1H3,(H,24,27)(H2,22,25,26,28). The molecule has 0 aromatic carbocycles. The molecule has 29 heavy (non-hydrogen) atoms. The molecule has 0 bridgehead atoms. The van der Waals surface area contributed by atoms with E-state index in [1.165, 1.54) is 0 Å². The molecule has 0 saturated carbocycles. The van der Waals surface area contributed by atoms with Gasteiger partial charge in [0.05, 0.1) is 23.1 Å². The summed E-state index contributed by atoms with van der Waals surface area (Å²) >= 11 is 5.92. The van der Waals surface area contributed by atoms with Gasteiger partial charge in [0, 0.05) is 19.4 Å². The molecule has 1 aliphatic rings. The predicted octanol–water partition coefficient (Wildman–Crippen LogP) is 3.09. The number of hydrogen-bond donors (Lipinski definition) is 3. The first-order valence-corrected chi connectivity index (χ1v) is 9.61. The van der Waals surface area contributed by atoms with E-state index in [1.807, 2.05) is 12.3 Å². The number of aromatic nitrogens is 5. The summed E-state index contributed by atoms with van der Waals surface area (Å²) in [5.74, 6) is 2.08. The molecule has 4 heterocycles. The Labute approximate surface area is 172 Å². The Hall–Kier alpha value is -3.04. The number of pyridine rings is 2. The van der Waals surface area contributed by atoms with Crippen LogP contribution in [0, 0.1) is 6.92 Å². The average molecular weight is 413 g/mol. The molecule has 0 spiro atoms. The molecule has 150 valence electrons. The zero-order valence-corrected chi connectivity index (χ0v) is 16.6. The summed E-state index contributed by atoms with van der Waals surface area (Å²) in [6, 6.07) is 3.74. The van der Waals surface area contributed by atoms with E-state index in [2.05, 4.69) is 30.2 Å². The Balaban J connectivity index is 1.77. The third kappa shape index (κ3) is 4.36. The topological polar surface area (TPSA) is 138 Å². The van der Waals surface area contributed by atoms with Crippen molar-refractivity contribution in [3.05, 3.63) is 41.1 Å². The van der Waals surface area contributed by atoms with Crippen molar-refractivity contribution in [2.45, 2.75) is 25.7 Å². The van der Waals surface area contributed by atoms with Crippen molar-refractivity contribution in [1.82, 2.24) is 24.9 Å². The van der Waals surface area contributed by atoms with E-state index < -0.39 is 0 Å². The van der Waals surface area contributed by atoms with E-state index in [0.29, 0.717) is 34.8 Å². The smallest absolute Gasteiger partial charge is 0.223 e. The van der Waals surface area contributed by atoms with Crippen LogP contribution >= 0.6 is 11.6 Å². The van der Waals surface area contributed by atoms with Gasteiger partial charge in [0.25, 0.3) is 0 Å². The van der Waals surface area contributed by atoms with E-state index in [9.17, 15) is 0 Å². The average Bonchev–Trinajstić information content (AvgIpc) is 2.71. The lowest BCUT2D eigenvalue weighted by Gasteiger charge is -2.23. The van der Waals surface area contributed by atoms with Gasteiger partial charge in [-0.2, -0.15) is 9.97 Å². The van der Waals surface area contributed by atoms with E-state index >= 15 is 0 Å². The molecular weight excluding hydrogens is 392 g/mol. The fraction of sp³-hybridized carbons (Fsp3) is 0.316. The quantitative estimate of drug-likeness (QED) is 0.551. The lowest BCUT2D eigenvalue weighted by atomic mass is 9.92. The molecule has 1 aliphatic heterocycles. The Kier molecular flexibility index (Phi) is 5.41. The van der Waals surface area contributed by atoms with Crippen molar-refractivity contribution >= 4 is 34.7 Å². The second-order valence-corrected chi connectivity index (χ2v) is 7.20. The Morgan fingerprint density at radius 3 is 2.59 bits per heavy atom. The van der Waals surface area contributed by atoms with Crippen molar-refractivity contribution in [2.75, 3.05) is 30.0 Å². The third-order valence-corrected chi connectivity index (χ3v) is 5.05. The second-order valence-electron chi connectivity index (χ2n) is 6.84. The predicted molar refractivity (Wildman–Crippen MR) is 112 cm³/mol. The van der Waals surface area contributed by atoms with Crippen LogP contribution in [-0.4, -0.2) is 38.1 Å². The first-order chi connectivity index (χ1) is 14.0. The van der Waals surface area contributed by atoms with Crippen LogP contribution in [-0.2, 0) is 4.74 Å². The summed E-state index contributed by atoms with van der Waals surface area (Å²) in [6.45, 7) is 3.26. The summed E-state index contributed by atoms with van der Waals surface area (Å²) in [6.07, 6.45) is 5.35. The van der Waals surface area contributed by atoms with E-state index in [-0.39, 0.29) is 11.1 Å². The van der Waals surface area contributed by atoms with Crippen LogP contribution < -0.4 is 16.8 Å². The molecule has 1 saturated heterocycles. The molecule has 4 rings (SSSR count). The van der Waals surface area contributed by atoms with Gasteiger partial charge < -0.3 is 21.5 Å². The number of nitrogens with two attached hydrogens (primary N) is 2. The second kappa shape index (κ2) is 8.14. The molecular formula is C19H21ClN8O. The lowest BCUT2D eigenvalue weighted by Crippen LogP contribution is -2.15. The summed E-state index contributed by atoms with van der Waals surface area (Å²) < 4.78 is 5.48. The summed E-state index contributed by atoms with van der Waals surface area (Å²) in [5, 5.41) is 3.48. The van der Waals surface area contributed by atoms with Crippen LogP contribution in [0.15, 0.2) is 24.5 Å². The van der Waals surface area contributed by atoms with Gasteiger partial charge in [-0.15, -0.1) is 0 Å². The molecule has 9 nitrogen and oxygen atoms in total. The summed E-state index contributed by atoms with van der Waals surface area (Å²) in [7, 11) is 0. The first-order valence-electron chi connectivity index (χ1n) is 9.24. The SMILES string of the molecule is Cc1nc(N)nc(-c2cc(C3CCOCC3)cnc2Nc2cnc(Cl)c(N)c2)n1. The van der Waals surface area contributed by atoms with E-state index in [0.717, 1.165) is 37.2 Å². The van der Waals surface area contributed by atoms with Crippen LogP contribution in [0.1, 0.15) is 30.1 Å². The van der Waals surface area contributed by atoms with Crippen molar-refractivity contribution < 1.29 is 4.74 Å². The number of halogens is 1. The maximum atomic E-state index is 5.92. The number of anilines is 4. The monoisotopic (exact) mass is 412 g/mol. The van der Waals surface area contributed by atoms with Crippen molar-refractivity contribution in [1.29, 1.82) is 0 Å². The fourth-order valence-electron chi connectivity index (χ4n) is 3.30. The van der Waals surface area contributed by atoms with Crippen LogP contribution in [0.4, 0.5) is 23.1 Å². The molecule has 5 N–H and O–H groups in total. The zero-order valence-electron chi connectivity index (χ0n) is 15.9. The Morgan fingerprint density at radius 2 is 1.86 bits per heavy atom. The van der Waals surface area contributed by atoms with Gasteiger partial charge in [-0.1, -0.05) is 11.6 Å². The van der Waals surface area contributed by atoms with Gasteiger partial charge in [-0.3, -0.25) is 0 Å². The van der Waals surface area contributed by atoms with E-state index in [1.54, 1.807) is 19.2 Å². The lowest BCUT2D eigenvalue weighted by molar-refractivity contribution is 0.0853. The molecule has 1 fully saturated rings. The van der Waals surface area contributed by atoms with Crippen LogP contribution in [0.3, 0.4) is 0 Å². The molecule has 0 atom stereocenters. The van der Waals surface area contributed by atoms with Gasteiger partial charge in [0.2, 0.25) is 5.95 Å². The highest BCUT2D eigenvalue weighted by Crippen LogP contribution is 2.33. The Morgan fingerprint density at radius 1 is 1.07 bits per heavy atom. The van der Waals surface area contributed by atoms with Gasteiger partial charge in [-0.05, 0) is 43.4 Å². The molecule has 0 unspecified atom stereocenters. The fourth-order valence-corrected chi connectivity index (χ4v) is 3.40. The number of aryl methyl sites for hydroxylation is 1. The van der Waals surface area contributed by atoms with Gasteiger partial charge in [-0.25, -0.2) is 15.0 Å². The number of hydrogen-bond acceptors (Lipinski definition) is 9. The molecule has 3 aromatic heterocycles. The highest BCUT2D eigenvalue weighted by molar-refractivity contribution is 6.31. The summed E-state index contributed by atoms with van der Waals surface area (Å²) in [5.41, 5.74) is 14.6. The third-order valence-electron chi connectivity index (χ3n) is 4.74. The number of rotatable bonds is 4. The maximum absolute atomic E-state index is 5.92. The van der Waals surface area contributed by atoms with Crippen LogP contribution in [0.2, 0.25) is 5.15 Å². The van der Waals surface area contributed by atoms with Crippen molar-refractivity contribution in [3.63, 3.8) is 0 Å². The summed E-state index contributed by atoms with van der Waals surface area (Å²) in [4.78, 5) is 21.5. The largest absolute Gasteiger partial charge is 0.396 e. The molecule has 10 heteroatoms. The minimum Gasteiger partial charge on any atom is -0.396 e. The van der Waals surface area contributed by atoms with E-state index in [4.69, 9.17) is 27.8 Å². The number of nitrogens with one attached hydrogen (secondary N) is 1. The van der Waals surface area contributed by atoms with Crippen molar-refractivity contribution in [2.24, 2.45) is 0 Å². The molecule has 0 aliphatic carbocycles. The van der Waals surface area contributed by atoms with Gasteiger partial charge >= 0.3 is 0 Å². The number of nitrogens with zero attached hydrogens (tertiary/aromatic N) is 5. The van der Waals surface area contributed by atoms with Crippen molar-refractivity contribution in [3.8, 4) is 11.4 Å². The zero-order chi connectivity index (χ0) is 20.4. The number of nitrogen functional groups attached to an aromatic ring is 2. The highest BCUT2D eigenvalue weighted by atomic mass is 35.5. The van der Waals surface area contributed by atoms with Gasteiger partial charge in [0.15, 0.2) is 11.0 Å². The highest BCUT2D eigenvalue weighted by Gasteiger charge is 2.20. The Bertz CT molecular complexity index is 1020.